The van der Waals surface area contributed by atoms with Gasteiger partial charge in [0.15, 0.2) is 0 Å². The van der Waals surface area contributed by atoms with E-state index in [0.717, 1.165) is 37.3 Å². The molecule has 0 aromatic carbocycles. The molecular weight excluding hydrogens is 230 g/mol. The standard InChI is InChI=1S/C13H19N3O2/c1-2-3-11-4-5-12(10-14-11)15-6-8-16(9-7-15)13(17)18/h4-5,10H,2-3,6-9H2,1H3,(H,17,18). The van der Waals surface area contributed by atoms with Gasteiger partial charge in [-0.05, 0) is 18.6 Å². The first-order chi connectivity index (χ1) is 8.70. The number of aromatic nitrogens is 1. The third-order valence-electron chi connectivity index (χ3n) is 3.23. The summed E-state index contributed by atoms with van der Waals surface area (Å²) < 4.78 is 0. The maximum absolute atomic E-state index is 10.8. The lowest BCUT2D eigenvalue weighted by Crippen LogP contribution is -2.48. The van der Waals surface area contributed by atoms with Crippen molar-refractivity contribution in [2.75, 3.05) is 31.1 Å². The highest BCUT2D eigenvalue weighted by Gasteiger charge is 2.20. The van der Waals surface area contributed by atoms with Gasteiger partial charge in [-0.2, -0.15) is 0 Å². The van der Waals surface area contributed by atoms with Crippen LogP contribution in [0.15, 0.2) is 18.3 Å². The van der Waals surface area contributed by atoms with Crippen LogP contribution < -0.4 is 4.90 Å². The Morgan fingerprint density at radius 3 is 2.56 bits per heavy atom. The second kappa shape index (κ2) is 5.71. The number of amides is 1. The minimum atomic E-state index is -0.828. The zero-order chi connectivity index (χ0) is 13.0. The number of carboxylic acid groups (broad SMARTS) is 1. The maximum atomic E-state index is 10.8. The molecule has 5 heteroatoms. The second-order valence-corrected chi connectivity index (χ2v) is 4.51. The van der Waals surface area contributed by atoms with Crippen LogP contribution >= 0.6 is 0 Å². The molecule has 1 N–H and O–H groups in total. The van der Waals surface area contributed by atoms with Crippen molar-refractivity contribution in [2.45, 2.75) is 19.8 Å². The number of nitrogens with zero attached hydrogens (tertiary/aromatic N) is 3. The van der Waals surface area contributed by atoms with Crippen molar-refractivity contribution >= 4 is 11.8 Å². The van der Waals surface area contributed by atoms with Crippen molar-refractivity contribution in [3.63, 3.8) is 0 Å². The van der Waals surface area contributed by atoms with Gasteiger partial charge in [0, 0.05) is 31.9 Å². The molecule has 0 bridgehead atoms. The highest BCUT2D eigenvalue weighted by atomic mass is 16.4. The Hall–Kier alpha value is -1.78. The summed E-state index contributed by atoms with van der Waals surface area (Å²) in [4.78, 5) is 18.9. The van der Waals surface area contributed by atoms with Crippen molar-refractivity contribution in [3.8, 4) is 0 Å². The van der Waals surface area contributed by atoms with E-state index in [1.807, 2.05) is 6.20 Å². The van der Waals surface area contributed by atoms with Gasteiger partial charge in [-0.3, -0.25) is 4.98 Å². The average molecular weight is 249 g/mol. The van der Waals surface area contributed by atoms with Crippen molar-refractivity contribution < 1.29 is 9.90 Å². The van der Waals surface area contributed by atoms with Crippen LogP contribution in [0.5, 0.6) is 0 Å². The molecule has 2 heterocycles. The fourth-order valence-electron chi connectivity index (χ4n) is 2.16. The summed E-state index contributed by atoms with van der Waals surface area (Å²) in [5.74, 6) is 0. The van der Waals surface area contributed by atoms with Gasteiger partial charge in [0.2, 0.25) is 0 Å². The number of pyridine rings is 1. The van der Waals surface area contributed by atoms with Gasteiger partial charge >= 0.3 is 6.09 Å². The van der Waals surface area contributed by atoms with E-state index < -0.39 is 6.09 Å². The molecular formula is C13H19N3O2. The molecule has 98 valence electrons. The van der Waals surface area contributed by atoms with E-state index in [2.05, 4.69) is 28.9 Å². The summed E-state index contributed by atoms with van der Waals surface area (Å²) in [6.45, 7) is 4.74. The minimum absolute atomic E-state index is 0.562. The quantitative estimate of drug-likeness (QED) is 0.888. The highest BCUT2D eigenvalue weighted by molar-refractivity contribution is 5.65. The van der Waals surface area contributed by atoms with E-state index in [-0.39, 0.29) is 0 Å². The van der Waals surface area contributed by atoms with Gasteiger partial charge in [-0.25, -0.2) is 4.79 Å². The fourth-order valence-corrected chi connectivity index (χ4v) is 2.16. The summed E-state index contributed by atoms with van der Waals surface area (Å²) >= 11 is 0. The van der Waals surface area contributed by atoms with Crippen molar-refractivity contribution in [3.05, 3.63) is 24.0 Å². The van der Waals surface area contributed by atoms with Crippen molar-refractivity contribution in [1.29, 1.82) is 0 Å². The Balaban J connectivity index is 1.95. The molecule has 0 atom stereocenters. The van der Waals surface area contributed by atoms with Crippen LogP contribution in [-0.2, 0) is 6.42 Å². The topological polar surface area (TPSA) is 56.7 Å². The van der Waals surface area contributed by atoms with E-state index >= 15 is 0 Å². The van der Waals surface area contributed by atoms with Gasteiger partial charge in [-0.15, -0.1) is 0 Å². The van der Waals surface area contributed by atoms with Crippen LogP contribution in [-0.4, -0.2) is 47.3 Å². The molecule has 0 radical (unpaired) electrons. The highest BCUT2D eigenvalue weighted by Crippen LogP contribution is 2.16. The van der Waals surface area contributed by atoms with E-state index in [1.54, 1.807) is 0 Å². The second-order valence-electron chi connectivity index (χ2n) is 4.51. The average Bonchev–Trinajstić information content (AvgIpc) is 2.40. The molecule has 0 aliphatic carbocycles. The molecule has 1 aromatic heterocycles. The third-order valence-corrected chi connectivity index (χ3v) is 3.23. The number of piperazine rings is 1. The van der Waals surface area contributed by atoms with Crippen LogP contribution in [0.25, 0.3) is 0 Å². The largest absolute Gasteiger partial charge is 0.465 e. The Labute approximate surface area is 107 Å². The Bertz CT molecular complexity index is 397. The molecule has 18 heavy (non-hydrogen) atoms. The SMILES string of the molecule is CCCc1ccc(N2CCN(C(=O)O)CC2)cn1. The van der Waals surface area contributed by atoms with Gasteiger partial charge in [0.05, 0.1) is 11.9 Å². The van der Waals surface area contributed by atoms with Gasteiger partial charge in [0.25, 0.3) is 0 Å². The van der Waals surface area contributed by atoms with Crippen LogP contribution in [0, 0.1) is 0 Å². The van der Waals surface area contributed by atoms with E-state index in [1.165, 1.54) is 4.90 Å². The van der Waals surface area contributed by atoms with Crippen LogP contribution in [0.4, 0.5) is 10.5 Å². The molecule has 1 fully saturated rings. The molecule has 0 spiro atoms. The molecule has 1 amide bonds. The maximum Gasteiger partial charge on any atom is 0.407 e. The monoisotopic (exact) mass is 249 g/mol. The fraction of sp³-hybridized carbons (Fsp3) is 0.538. The minimum Gasteiger partial charge on any atom is -0.465 e. The van der Waals surface area contributed by atoms with Crippen molar-refractivity contribution in [1.82, 2.24) is 9.88 Å². The first-order valence-corrected chi connectivity index (χ1v) is 6.38. The van der Waals surface area contributed by atoms with E-state index in [4.69, 9.17) is 5.11 Å². The van der Waals surface area contributed by atoms with Gasteiger partial charge in [0.1, 0.15) is 0 Å². The first kappa shape index (κ1) is 12.7. The molecule has 0 saturated carbocycles. The van der Waals surface area contributed by atoms with E-state index in [0.29, 0.717) is 13.1 Å². The summed E-state index contributed by atoms with van der Waals surface area (Å²) in [5, 5.41) is 8.89. The predicted molar refractivity (Wildman–Crippen MR) is 70.0 cm³/mol. The van der Waals surface area contributed by atoms with Crippen molar-refractivity contribution in [2.24, 2.45) is 0 Å². The lowest BCUT2D eigenvalue weighted by atomic mass is 10.2. The molecule has 1 aliphatic rings. The van der Waals surface area contributed by atoms with E-state index in [9.17, 15) is 4.79 Å². The molecule has 5 nitrogen and oxygen atoms in total. The Morgan fingerprint density at radius 1 is 1.33 bits per heavy atom. The van der Waals surface area contributed by atoms with Crippen LogP contribution in [0.3, 0.4) is 0 Å². The molecule has 0 unspecified atom stereocenters. The predicted octanol–water partition coefficient (Wildman–Crippen LogP) is 1.83. The number of rotatable bonds is 3. The summed E-state index contributed by atoms with van der Waals surface area (Å²) in [7, 11) is 0. The normalized spacial score (nSPS) is 15.8. The summed E-state index contributed by atoms with van der Waals surface area (Å²) in [5.41, 5.74) is 2.20. The molecule has 2 rings (SSSR count). The lowest BCUT2D eigenvalue weighted by molar-refractivity contribution is 0.142. The summed E-state index contributed by atoms with van der Waals surface area (Å²) in [6.07, 6.45) is 3.17. The smallest absolute Gasteiger partial charge is 0.407 e. The third kappa shape index (κ3) is 2.91. The number of hydrogen-bond acceptors (Lipinski definition) is 3. The Morgan fingerprint density at radius 2 is 2.06 bits per heavy atom. The Kier molecular flexibility index (Phi) is 4.02. The lowest BCUT2D eigenvalue weighted by Gasteiger charge is -2.34. The van der Waals surface area contributed by atoms with Crippen LogP contribution in [0.2, 0.25) is 0 Å². The zero-order valence-corrected chi connectivity index (χ0v) is 10.7. The molecule has 1 aliphatic heterocycles. The number of anilines is 1. The summed E-state index contributed by atoms with van der Waals surface area (Å²) in [6, 6.07) is 4.14. The number of hydrogen-bond donors (Lipinski definition) is 1. The number of aryl methyl sites for hydroxylation is 1. The molecule has 1 aromatic rings. The van der Waals surface area contributed by atoms with Crippen LogP contribution in [0.1, 0.15) is 19.0 Å². The van der Waals surface area contributed by atoms with Gasteiger partial charge < -0.3 is 14.9 Å². The van der Waals surface area contributed by atoms with Gasteiger partial charge in [-0.1, -0.05) is 13.3 Å². The first-order valence-electron chi connectivity index (χ1n) is 6.38. The number of carbonyl (C=O) groups is 1. The molecule has 1 saturated heterocycles. The zero-order valence-electron chi connectivity index (χ0n) is 10.7.